The number of carbonyl (C=O) groups is 1. The van der Waals surface area contributed by atoms with E-state index in [1.54, 1.807) is 10.7 Å². The number of aryl methyl sites for hydroxylation is 1. The standard InChI is InChI=1S/C18H25N3O3/c1-5-23-15-7-8-17(24-6-2)16(12-15)19-18(22)11-14(4)21-10-9-13(3)20-21/h7-10,12,14H,5-6,11H2,1-4H3,(H,19,22)/t14-/m1/s1. The van der Waals surface area contributed by atoms with Gasteiger partial charge in [0.15, 0.2) is 0 Å². The molecule has 1 aromatic carbocycles. The van der Waals surface area contributed by atoms with E-state index < -0.39 is 0 Å². The van der Waals surface area contributed by atoms with Crippen molar-refractivity contribution in [3.8, 4) is 11.5 Å². The molecule has 130 valence electrons. The molecule has 0 aliphatic rings. The van der Waals surface area contributed by atoms with Gasteiger partial charge < -0.3 is 14.8 Å². The third kappa shape index (κ3) is 4.75. The summed E-state index contributed by atoms with van der Waals surface area (Å²) in [4.78, 5) is 12.4. The Balaban J connectivity index is 2.07. The van der Waals surface area contributed by atoms with Crippen LogP contribution in [0.25, 0.3) is 0 Å². The number of aromatic nitrogens is 2. The maximum Gasteiger partial charge on any atom is 0.226 e. The molecule has 0 unspecified atom stereocenters. The largest absolute Gasteiger partial charge is 0.494 e. The topological polar surface area (TPSA) is 65.4 Å². The fourth-order valence-corrected chi connectivity index (χ4v) is 2.39. The molecule has 1 atom stereocenters. The minimum Gasteiger partial charge on any atom is -0.494 e. The van der Waals surface area contributed by atoms with Crippen LogP contribution in [-0.2, 0) is 4.79 Å². The minimum atomic E-state index is -0.0924. The van der Waals surface area contributed by atoms with Crippen molar-refractivity contribution in [2.75, 3.05) is 18.5 Å². The Kier molecular flexibility index (Phi) is 6.23. The van der Waals surface area contributed by atoms with Crippen LogP contribution in [-0.4, -0.2) is 28.9 Å². The smallest absolute Gasteiger partial charge is 0.226 e. The normalized spacial score (nSPS) is 11.8. The summed E-state index contributed by atoms with van der Waals surface area (Å²) < 4.78 is 12.9. The summed E-state index contributed by atoms with van der Waals surface area (Å²) in [5.74, 6) is 1.24. The zero-order chi connectivity index (χ0) is 17.5. The van der Waals surface area contributed by atoms with Crippen molar-refractivity contribution < 1.29 is 14.3 Å². The molecule has 0 spiro atoms. The van der Waals surface area contributed by atoms with Gasteiger partial charge in [-0.3, -0.25) is 9.48 Å². The second kappa shape index (κ2) is 8.38. The number of ether oxygens (including phenoxy) is 2. The Morgan fingerprint density at radius 2 is 2.00 bits per heavy atom. The summed E-state index contributed by atoms with van der Waals surface area (Å²) in [6.07, 6.45) is 2.21. The number of nitrogens with one attached hydrogen (secondary N) is 1. The molecule has 0 saturated heterocycles. The first kappa shape index (κ1) is 17.8. The lowest BCUT2D eigenvalue weighted by molar-refractivity contribution is -0.116. The Morgan fingerprint density at radius 3 is 2.62 bits per heavy atom. The molecule has 6 heteroatoms. The van der Waals surface area contributed by atoms with E-state index in [1.165, 1.54) is 0 Å². The number of benzene rings is 1. The fraction of sp³-hybridized carbons (Fsp3) is 0.444. The van der Waals surface area contributed by atoms with Gasteiger partial charge in [0.1, 0.15) is 11.5 Å². The van der Waals surface area contributed by atoms with Gasteiger partial charge in [0.2, 0.25) is 5.91 Å². The molecule has 1 amide bonds. The number of carbonyl (C=O) groups excluding carboxylic acids is 1. The molecule has 2 aromatic rings. The number of anilines is 1. The first-order valence-electron chi connectivity index (χ1n) is 8.24. The van der Waals surface area contributed by atoms with E-state index in [0.717, 1.165) is 5.69 Å². The van der Waals surface area contributed by atoms with Crippen LogP contribution >= 0.6 is 0 Å². The average Bonchev–Trinajstić information content (AvgIpc) is 2.97. The maximum absolute atomic E-state index is 12.4. The van der Waals surface area contributed by atoms with E-state index in [4.69, 9.17) is 9.47 Å². The number of hydrogen-bond donors (Lipinski definition) is 1. The van der Waals surface area contributed by atoms with Crippen LogP contribution in [0.2, 0.25) is 0 Å². The number of rotatable bonds is 8. The molecule has 1 N–H and O–H groups in total. The van der Waals surface area contributed by atoms with Crippen LogP contribution in [0, 0.1) is 6.92 Å². The van der Waals surface area contributed by atoms with Crippen LogP contribution in [0.4, 0.5) is 5.69 Å². The summed E-state index contributed by atoms with van der Waals surface area (Å²) in [6, 6.07) is 7.33. The van der Waals surface area contributed by atoms with Crippen molar-refractivity contribution in [1.29, 1.82) is 0 Å². The molecule has 1 heterocycles. The molecule has 24 heavy (non-hydrogen) atoms. The van der Waals surface area contributed by atoms with E-state index in [0.29, 0.717) is 36.8 Å². The molecule has 0 aliphatic heterocycles. The Hall–Kier alpha value is -2.50. The van der Waals surface area contributed by atoms with Gasteiger partial charge in [0, 0.05) is 18.7 Å². The predicted molar refractivity (Wildman–Crippen MR) is 93.7 cm³/mol. The van der Waals surface area contributed by atoms with E-state index in [9.17, 15) is 4.79 Å². The highest BCUT2D eigenvalue weighted by Gasteiger charge is 2.14. The average molecular weight is 331 g/mol. The van der Waals surface area contributed by atoms with Gasteiger partial charge in [0.25, 0.3) is 0 Å². The highest BCUT2D eigenvalue weighted by atomic mass is 16.5. The van der Waals surface area contributed by atoms with Gasteiger partial charge in [-0.25, -0.2) is 0 Å². The van der Waals surface area contributed by atoms with E-state index in [1.807, 2.05) is 52.1 Å². The predicted octanol–water partition coefficient (Wildman–Crippen LogP) is 3.58. The SMILES string of the molecule is CCOc1ccc(OCC)c(NC(=O)C[C@@H](C)n2ccc(C)n2)c1. The molecule has 0 radical (unpaired) electrons. The molecular formula is C18H25N3O3. The van der Waals surface area contributed by atoms with Gasteiger partial charge in [0.05, 0.1) is 30.6 Å². The second-order valence-corrected chi connectivity index (χ2v) is 5.56. The van der Waals surface area contributed by atoms with Gasteiger partial charge >= 0.3 is 0 Å². The Labute approximate surface area is 142 Å². The summed E-state index contributed by atoms with van der Waals surface area (Å²) >= 11 is 0. The zero-order valence-electron chi connectivity index (χ0n) is 14.7. The highest BCUT2D eigenvalue weighted by Crippen LogP contribution is 2.30. The van der Waals surface area contributed by atoms with Crippen molar-refractivity contribution in [3.63, 3.8) is 0 Å². The van der Waals surface area contributed by atoms with Crippen LogP contribution < -0.4 is 14.8 Å². The quantitative estimate of drug-likeness (QED) is 0.803. The summed E-state index contributed by atoms with van der Waals surface area (Å²) in [6.45, 7) is 8.81. The van der Waals surface area contributed by atoms with Gasteiger partial charge in [-0.05, 0) is 45.9 Å². The molecule has 0 bridgehead atoms. The lowest BCUT2D eigenvalue weighted by Gasteiger charge is -2.15. The van der Waals surface area contributed by atoms with Crippen molar-refractivity contribution in [1.82, 2.24) is 9.78 Å². The number of hydrogen-bond acceptors (Lipinski definition) is 4. The van der Waals surface area contributed by atoms with E-state index in [-0.39, 0.29) is 11.9 Å². The van der Waals surface area contributed by atoms with Crippen molar-refractivity contribution in [3.05, 3.63) is 36.2 Å². The van der Waals surface area contributed by atoms with E-state index >= 15 is 0 Å². The van der Waals surface area contributed by atoms with Crippen molar-refractivity contribution in [2.24, 2.45) is 0 Å². The van der Waals surface area contributed by atoms with Crippen LogP contribution in [0.15, 0.2) is 30.5 Å². The first-order valence-corrected chi connectivity index (χ1v) is 8.24. The lowest BCUT2D eigenvalue weighted by atomic mass is 10.2. The molecule has 1 aromatic heterocycles. The monoisotopic (exact) mass is 331 g/mol. The van der Waals surface area contributed by atoms with Crippen molar-refractivity contribution >= 4 is 11.6 Å². The highest BCUT2D eigenvalue weighted by molar-refractivity contribution is 5.92. The third-order valence-corrected chi connectivity index (χ3v) is 3.51. The Morgan fingerprint density at radius 1 is 1.25 bits per heavy atom. The molecule has 0 saturated carbocycles. The summed E-state index contributed by atoms with van der Waals surface area (Å²) in [7, 11) is 0. The first-order chi connectivity index (χ1) is 11.5. The molecule has 6 nitrogen and oxygen atoms in total. The molecule has 0 fully saturated rings. The third-order valence-electron chi connectivity index (χ3n) is 3.51. The van der Waals surface area contributed by atoms with Gasteiger partial charge in [-0.15, -0.1) is 0 Å². The second-order valence-electron chi connectivity index (χ2n) is 5.56. The van der Waals surface area contributed by atoms with Crippen LogP contribution in [0.1, 0.15) is 38.9 Å². The summed E-state index contributed by atoms with van der Waals surface area (Å²) in [5, 5.41) is 7.26. The van der Waals surface area contributed by atoms with E-state index in [2.05, 4.69) is 10.4 Å². The Bertz CT molecular complexity index is 682. The molecule has 2 rings (SSSR count). The van der Waals surface area contributed by atoms with Crippen molar-refractivity contribution in [2.45, 2.75) is 40.2 Å². The van der Waals surface area contributed by atoms with Crippen LogP contribution in [0.5, 0.6) is 11.5 Å². The lowest BCUT2D eigenvalue weighted by Crippen LogP contribution is -2.18. The summed E-state index contributed by atoms with van der Waals surface area (Å²) in [5.41, 5.74) is 1.56. The van der Waals surface area contributed by atoms with Gasteiger partial charge in [-0.1, -0.05) is 0 Å². The molecule has 0 aliphatic carbocycles. The maximum atomic E-state index is 12.4. The fourth-order valence-electron chi connectivity index (χ4n) is 2.39. The minimum absolute atomic E-state index is 0.0238. The molecular weight excluding hydrogens is 306 g/mol. The van der Waals surface area contributed by atoms with Crippen LogP contribution in [0.3, 0.4) is 0 Å². The zero-order valence-corrected chi connectivity index (χ0v) is 14.7. The number of nitrogens with zero attached hydrogens (tertiary/aromatic N) is 2. The number of amides is 1. The van der Waals surface area contributed by atoms with Gasteiger partial charge in [-0.2, -0.15) is 5.10 Å².